The van der Waals surface area contributed by atoms with E-state index in [9.17, 15) is 14.4 Å². The van der Waals surface area contributed by atoms with Crippen LogP contribution in [0.2, 0.25) is 0 Å². The Hall–Kier alpha value is -1.99. The summed E-state index contributed by atoms with van der Waals surface area (Å²) in [6.45, 7) is 1.92. The van der Waals surface area contributed by atoms with E-state index in [4.69, 9.17) is 0 Å². The van der Waals surface area contributed by atoms with Crippen LogP contribution in [0.3, 0.4) is 0 Å². The molecule has 1 aliphatic heterocycles. The third-order valence-corrected chi connectivity index (χ3v) is 8.40. The molecular formula is C22H20Br2N2O3. The molecule has 1 heterocycles. The molecule has 150 valence electrons. The highest BCUT2D eigenvalue weighted by Crippen LogP contribution is 2.44. The molecule has 1 aliphatic carbocycles. The zero-order chi connectivity index (χ0) is 20.7. The first-order chi connectivity index (χ1) is 13.9. The van der Waals surface area contributed by atoms with Crippen molar-refractivity contribution in [1.82, 2.24) is 0 Å². The molecule has 4 atom stereocenters. The smallest absolute Gasteiger partial charge is 0.255 e. The number of para-hydroxylation sites is 1. The molecule has 1 N–H and O–H groups in total. The summed E-state index contributed by atoms with van der Waals surface area (Å²) in [4.78, 5) is 40.3. The number of alkyl halides is 2. The normalized spacial score (nSPS) is 26.4. The zero-order valence-electron chi connectivity index (χ0n) is 15.8. The number of halogens is 2. The lowest BCUT2D eigenvalue weighted by atomic mass is 9.81. The molecule has 0 bridgehead atoms. The third kappa shape index (κ3) is 3.78. The Morgan fingerprint density at radius 2 is 1.59 bits per heavy atom. The summed E-state index contributed by atoms with van der Waals surface area (Å²) < 4.78 is 0. The molecule has 2 aliphatic rings. The molecular weight excluding hydrogens is 500 g/mol. The number of carbonyl (C=O) groups is 3. The Morgan fingerprint density at radius 1 is 0.966 bits per heavy atom. The van der Waals surface area contributed by atoms with Crippen molar-refractivity contribution in [2.75, 3.05) is 10.2 Å². The van der Waals surface area contributed by atoms with Crippen molar-refractivity contribution in [3.63, 3.8) is 0 Å². The maximum absolute atomic E-state index is 13.0. The maximum Gasteiger partial charge on any atom is 0.255 e. The van der Waals surface area contributed by atoms with E-state index >= 15 is 0 Å². The standard InChI is InChI=1S/C22H20Br2N2O3/c1-12-5-2-3-8-19(12)25-20(27)13-6-4-7-14(9-13)26-21(28)15-10-17(23)18(24)11-16(15)22(26)29/h2-9,15-18H,10-11H2,1H3,(H,25,27)/t15-,16+,17-,18-/m0/s1. The average Bonchev–Trinajstić information content (AvgIpc) is 2.94. The SMILES string of the molecule is Cc1ccccc1NC(=O)c1cccc(N2C(=O)[C@H]3C[C@H](Br)[C@@H](Br)C[C@H]3C2=O)c1. The minimum Gasteiger partial charge on any atom is -0.322 e. The van der Waals surface area contributed by atoms with Gasteiger partial charge in [-0.1, -0.05) is 56.1 Å². The van der Waals surface area contributed by atoms with Crippen LogP contribution in [0, 0.1) is 18.8 Å². The highest BCUT2D eigenvalue weighted by atomic mass is 79.9. The highest BCUT2D eigenvalue weighted by molar-refractivity contribution is 9.12. The fraction of sp³-hybridized carbons (Fsp3) is 0.318. The number of aryl methyl sites for hydroxylation is 1. The topological polar surface area (TPSA) is 66.5 Å². The lowest BCUT2D eigenvalue weighted by molar-refractivity contribution is -0.122. The van der Waals surface area contributed by atoms with E-state index in [1.165, 1.54) is 4.90 Å². The summed E-state index contributed by atoms with van der Waals surface area (Å²) in [6.07, 6.45) is 1.24. The summed E-state index contributed by atoms with van der Waals surface area (Å²) in [6, 6.07) is 14.2. The van der Waals surface area contributed by atoms with Crippen LogP contribution in [-0.4, -0.2) is 27.4 Å². The van der Waals surface area contributed by atoms with Gasteiger partial charge in [-0.15, -0.1) is 0 Å². The first-order valence-corrected chi connectivity index (χ1v) is 11.3. The van der Waals surface area contributed by atoms with Crippen molar-refractivity contribution in [1.29, 1.82) is 0 Å². The van der Waals surface area contributed by atoms with Crippen LogP contribution in [0.15, 0.2) is 48.5 Å². The summed E-state index contributed by atoms with van der Waals surface area (Å²) in [5.41, 5.74) is 2.54. The van der Waals surface area contributed by atoms with Crippen LogP contribution in [0.4, 0.5) is 11.4 Å². The number of rotatable bonds is 3. The van der Waals surface area contributed by atoms with Crippen molar-refractivity contribution >= 4 is 61.0 Å². The largest absolute Gasteiger partial charge is 0.322 e. The van der Waals surface area contributed by atoms with Gasteiger partial charge in [0.05, 0.1) is 17.5 Å². The number of fused-ring (bicyclic) bond motifs is 1. The van der Waals surface area contributed by atoms with Crippen molar-refractivity contribution in [2.45, 2.75) is 29.4 Å². The van der Waals surface area contributed by atoms with Gasteiger partial charge in [0.2, 0.25) is 11.8 Å². The summed E-state index contributed by atoms with van der Waals surface area (Å²) in [5, 5.41) is 2.89. The maximum atomic E-state index is 13.0. The number of hydrogen-bond donors (Lipinski definition) is 1. The van der Waals surface area contributed by atoms with E-state index in [-0.39, 0.29) is 39.2 Å². The predicted molar refractivity (Wildman–Crippen MR) is 120 cm³/mol. The van der Waals surface area contributed by atoms with E-state index < -0.39 is 0 Å². The minimum absolute atomic E-state index is 0.159. The number of carbonyl (C=O) groups excluding carboxylic acids is 3. The van der Waals surface area contributed by atoms with E-state index in [2.05, 4.69) is 37.2 Å². The molecule has 1 saturated heterocycles. The average molecular weight is 520 g/mol. The van der Waals surface area contributed by atoms with Gasteiger partial charge in [0.1, 0.15) is 0 Å². The summed E-state index contributed by atoms with van der Waals surface area (Å²) >= 11 is 7.20. The summed E-state index contributed by atoms with van der Waals surface area (Å²) in [5.74, 6) is -1.27. The second-order valence-electron chi connectivity index (χ2n) is 7.55. The lowest BCUT2D eigenvalue weighted by Gasteiger charge is -2.29. The van der Waals surface area contributed by atoms with Crippen LogP contribution in [0.1, 0.15) is 28.8 Å². The van der Waals surface area contributed by atoms with Gasteiger partial charge in [-0.05, 0) is 49.6 Å². The Labute approximate surface area is 186 Å². The molecule has 0 spiro atoms. The number of nitrogens with one attached hydrogen (secondary N) is 1. The van der Waals surface area contributed by atoms with Crippen molar-refractivity contribution in [3.05, 3.63) is 59.7 Å². The Balaban J connectivity index is 1.59. The molecule has 0 aromatic heterocycles. The second kappa shape index (κ2) is 8.03. The van der Waals surface area contributed by atoms with Gasteiger partial charge in [-0.25, -0.2) is 0 Å². The highest BCUT2D eigenvalue weighted by Gasteiger charge is 2.52. The number of nitrogens with zero attached hydrogens (tertiary/aromatic N) is 1. The van der Waals surface area contributed by atoms with Crippen molar-refractivity contribution < 1.29 is 14.4 Å². The Bertz CT molecular complexity index is 966. The monoisotopic (exact) mass is 518 g/mol. The summed E-state index contributed by atoms with van der Waals surface area (Å²) in [7, 11) is 0. The molecule has 7 heteroatoms. The number of hydrogen-bond acceptors (Lipinski definition) is 3. The van der Waals surface area contributed by atoms with E-state index in [0.29, 0.717) is 24.1 Å². The van der Waals surface area contributed by atoms with E-state index in [1.807, 2.05) is 31.2 Å². The number of anilines is 2. The van der Waals surface area contributed by atoms with Crippen LogP contribution in [0.25, 0.3) is 0 Å². The molecule has 4 rings (SSSR count). The first-order valence-electron chi connectivity index (χ1n) is 9.50. The van der Waals surface area contributed by atoms with Gasteiger partial charge in [0.15, 0.2) is 0 Å². The third-order valence-electron chi connectivity index (χ3n) is 5.67. The quantitative estimate of drug-likeness (QED) is 0.473. The fourth-order valence-electron chi connectivity index (χ4n) is 4.04. The lowest BCUT2D eigenvalue weighted by Crippen LogP contribution is -2.34. The van der Waals surface area contributed by atoms with E-state index in [0.717, 1.165) is 11.3 Å². The molecule has 0 radical (unpaired) electrons. The van der Waals surface area contributed by atoms with Gasteiger partial charge < -0.3 is 5.32 Å². The molecule has 5 nitrogen and oxygen atoms in total. The number of amides is 3. The van der Waals surface area contributed by atoms with Crippen LogP contribution < -0.4 is 10.2 Å². The Kier molecular flexibility index (Phi) is 5.62. The van der Waals surface area contributed by atoms with Gasteiger partial charge in [0, 0.05) is 20.9 Å². The van der Waals surface area contributed by atoms with Gasteiger partial charge in [0.25, 0.3) is 5.91 Å². The fourth-order valence-corrected chi connectivity index (χ4v) is 5.28. The number of imide groups is 1. The Morgan fingerprint density at radius 3 is 2.21 bits per heavy atom. The molecule has 0 unspecified atom stereocenters. The second-order valence-corrected chi connectivity index (χ2v) is 9.90. The number of benzene rings is 2. The minimum atomic E-state index is -0.315. The van der Waals surface area contributed by atoms with Gasteiger partial charge in [-0.2, -0.15) is 0 Å². The van der Waals surface area contributed by atoms with E-state index in [1.54, 1.807) is 24.3 Å². The van der Waals surface area contributed by atoms with Crippen LogP contribution in [0.5, 0.6) is 0 Å². The molecule has 2 fully saturated rings. The molecule has 1 saturated carbocycles. The van der Waals surface area contributed by atoms with Crippen LogP contribution >= 0.6 is 31.9 Å². The zero-order valence-corrected chi connectivity index (χ0v) is 18.9. The van der Waals surface area contributed by atoms with Crippen LogP contribution in [-0.2, 0) is 9.59 Å². The molecule has 3 amide bonds. The van der Waals surface area contributed by atoms with Crippen molar-refractivity contribution in [2.24, 2.45) is 11.8 Å². The van der Waals surface area contributed by atoms with Gasteiger partial charge in [-0.3, -0.25) is 19.3 Å². The van der Waals surface area contributed by atoms with Gasteiger partial charge >= 0.3 is 0 Å². The molecule has 29 heavy (non-hydrogen) atoms. The van der Waals surface area contributed by atoms with Crippen molar-refractivity contribution in [3.8, 4) is 0 Å². The molecule has 2 aromatic carbocycles. The first kappa shape index (κ1) is 20.3. The molecule has 2 aromatic rings. The predicted octanol–water partition coefficient (Wildman–Crippen LogP) is 4.67.